The zero-order valence-corrected chi connectivity index (χ0v) is 21.1. The average molecular weight is 469 g/mol. The normalized spacial score (nSPS) is 11.7. The van der Waals surface area contributed by atoms with Gasteiger partial charge in [0, 0.05) is 25.8 Å². The molecule has 1 atom stereocenters. The highest BCUT2D eigenvalue weighted by molar-refractivity contribution is 5.84. The highest BCUT2D eigenvalue weighted by Gasteiger charge is 2.19. The maximum absolute atomic E-state index is 12.1. The van der Waals surface area contributed by atoms with Crippen molar-refractivity contribution in [3.05, 3.63) is 0 Å². The summed E-state index contributed by atoms with van der Waals surface area (Å²) in [7, 11) is 0. The summed E-state index contributed by atoms with van der Waals surface area (Å²) < 4.78 is 0. The number of hydrogen-bond acceptors (Lipinski definition) is 4. The lowest BCUT2D eigenvalue weighted by atomic mass is 10.0. The zero-order chi connectivity index (χ0) is 24.7. The molecule has 0 aromatic carbocycles. The Labute approximate surface area is 200 Å². The molecule has 0 aliphatic heterocycles. The van der Waals surface area contributed by atoms with Gasteiger partial charge in [0.1, 0.15) is 11.8 Å². The molecule has 0 aliphatic carbocycles. The van der Waals surface area contributed by atoms with Crippen LogP contribution in [0, 0.1) is 0 Å². The van der Waals surface area contributed by atoms with E-state index in [1.807, 2.05) is 0 Å². The first kappa shape index (κ1) is 31.1. The number of Topliss-reactive ketones (excluding diaryl/α,β-unsaturated/α-hetero) is 1. The van der Waals surface area contributed by atoms with Gasteiger partial charge in [0.05, 0.1) is 0 Å². The molecule has 0 rings (SSSR count). The first-order valence-electron chi connectivity index (χ1n) is 13.1. The Bertz CT molecular complexity index is 551. The molecule has 0 saturated carbocycles. The van der Waals surface area contributed by atoms with Gasteiger partial charge in [0.2, 0.25) is 11.8 Å². The van der Waals surface area contributed by atoms with Crippen molar-refractivity contribution in [3.63, 3.8) is 0 Å². The molecule has 0 spiro atoms. The number of carboxylic acid groups (broad SMARTS) is 1. The SMILES string of the molecule is CCCCCCCCCCCCCCC(=O)NC(CCCCNC(=O)CCC(C)=O)C(=O)O. The molecule has 0 saturated heterocycles. The van der Waals surface area contributed by atoms with E-state index in [0.717, 1.165) is 19.3 Å². The van der Waals surface area contributed by atoms with Crippen LogP contribution in [0.15, 0.2) is 0 Å². The van der Waals surface area contributed by atoms with E-state index in [2.05, 4.69) is 17.6 Å². The van der Waals surface area contributed by atoms with Crippen molar-refractivity contribution < 1.29 is 24.3 Å². The second-order valence-electron chi connectivity index (χ2n) is 9.15. The summed E-state index contributed by atoms with van der Waals surface area (Å²) >= 11 is 0. The molecule has 0 fully saturated rings. The number of nitrogens with one attached hydrogen (secondary N) is 2. The monoisotopic (exact) mass is 468 g/mol. The third-order valence-corrected chi connectivity index (χ3v) is 5.84. The van der Waals surface area contributed by atoms with Gasteiger partial charge in [-0.25, -0.2) is 4.79 Å². The van der Waals surface area contributed by atoms with Crippen LogP contribution in [-0.4, -0.2) is 41.3 Å². The van der Waals surface area contributed by atoms with Crippen LogP contribution in [0.5, 0.6) is 0 Å². The molecule has 0 aromatic heterocycles. The molecule has 0 radical (unpaired) electrons. The van der Waals surface area contributed by atoms with E-state index in [4.69, 9.17) is 0 Å². The van der Waals surface area contributed by atoms with Gasteiger partial charge in [0.15, 0.2) is 0 Å². The summed E-state index contributed by atoms with van der Waals surface area (Å²) in [4.78, 5) is 45.9. The third-order valence-electron chi connectivity index (χ3n) is 5.84. The van der Waals surface area contributed by atoms with Crippen LogP contribution in [0.4, 0.5) is 0 Å². The van der Waals surface area contributed by atoms with E-state index in [-0.39, 0.29) is 30.4 Å². The van der Waals surface area contributed by atoms with Crippen molar-refractivity contribution in [1.29, 1.82) is 0 Å². The Balaban J connectivity index is 3.71. The first-order valence-corrected chi connectivity index (χ1v) is 13.1. The minimum Gasteiger partial charge on any atom is -0.480 e. The summed E-state index contributed by atoms with van der Waals surface area (Å²) in [6.07, 6.45) is 17.1. The molecule has 33 heavy (non-hydrogen) atoms. The topological polar surface area (TPSA) is 113 Å². The van der Waals surface area contributed by atoms with E-state index in [1.165, 1.54) is 64.7 Å². The lowest BCUT2D eigenvalue weighted by Gasteiger charge is -2.14. The number of rotatable bonds is 23. The molecule has 0 aromatic rings. The lowest BCUT2D eigenvalue weighted by Crippen LogP contribution is -2.40. The van der Waals surface area contributed by atoms with Crippen LogP contribution >= 0.6 is 0 Å². The molecular formula is C26H48N2O5. The van der Waals surface area contributed by atoms with E-state index in [9.17, 15) is 24.3 Å². The van der Waals surface area contributed by atoms with Gasteiger partial charge in [-0.05, 0) is 32.6 Å². The number of hydrogen-bond donors (Lipinski definition) is 3. The standard InChI is InChI=1S/C26H48N2O5/c1-3-4-5-6-7-8-9-10-11-12-13-14-18-25(31)28-23(26(32)33)17-15-16-21-27-24(30)20-19-22(2)29/h23H,3-21H2,1-2H3,(H,27,30)(H,28,31)(H,32,33). The molecule has 2 amide bonds. The van der Waals surface area contributed by atoms with Crippen LogP contribution in [0.2, 0.25) is 0 Å². The third kappa shape index (κ3) is 21.7. The molecule has 0 aliphatic rings. The fourth-order valence-corrected chi connectivity index (χ4v) is 3.73. The molecule has 7 nitrogen and oxygen atoms in total. The number of amides is 2. The van der Waals surface area contributed by atoms with Crippen LogP contribution in [0.25, 0.3) is 0 Å². The molecule has 3 N–H and O–H groups in total. The van der Waals surface area contributed by atoms with Crippen LogP contribution in [-0.2, 0) is 19.2 Å². The predicted molar refractivity (Wildman–Crippen MR) is 132 cm³/mol. The van der Waals surface area contributed by atoms with Crippen LogP contribution < -0.4 is 10.6 Å². The maximum Gasteiger partial charge on any atom is 0.326 e. The number of ketones is 1. The Morgan fingerprint density at radius 3 is 1.73 bits per heavy atom. The average Bonchev–Trinajstić information content (AvgIpc) is 2.77. The number of carbonyl (C=O) groups is 4. The molecule has 0 bridgehead atoms. The zero-order valence-electron chi connectivity index (χ0n) is 21.1. The van der Waals surface area contributed by atoms with Crippen molar-refractivity contribution in [2.45, 2.75) is 135 Å². The predicted octanol–water partition coefficient (Wildman–Crippen LogP) is 5.30. The smallest absolute Gasteiger partial charge is 0.326 e. The number of carboxylic acids is 1. The summed E-state index contributed by atoms with van der Waals surface area (Å²) in [6, 6.07) is -0.886. The van der Waals surface area contributed by atoms with Gasteiger partial charge in [-0.2, -0.15) is 0 Å². The minimum absolute atomic E-state index is 0.0197. The highest BCUT2D eigenvalue weighted by atomic mass is 16.4. The molecule has 1 unspecified atom stereocenters. The van der Waals surface area contributed by atoms with Crippen molar-refractivity contribution in [3.8, 4) is 0 Å². The van der Waals surface area contributed by atoms with Crippen LogP contribution in [0.1, 0.15) is 129 Å². The fourth-order valence-electron chi connectivity index (χ4n) is 3.73. The van der Waals surface area contributed by atoms with Gasteiger partial charge < -0.3 is 20.5 Å². The number of unbranched alkanes of at least 4 members (excludes halogenated alkanes) is 12. The van der Waals surface area contributed by atoms with Gasteiger partial charge in [-0.1, -0.05) is 77.6 Å². The minimum atomic E-state index is -1.02. The van der Waals surface area contributed by atoms with Crippen molar-refractivity contribution in [2.75, 3.05) is 6.54 Å². The largest absolute Gasteiger partial charge is 0.480 e. The Kier molecular flexibility index (Phi) is 20.6. The number of aliphatic carboxylic acids is 1. The van der Waals surface area contributed by atoms with Crippen LogP contribution in [0.3, 0.4) is 0 Å². The van der Waals surface area contributed by atoms with E-state index < -0.39 is 12.0 Å². The molecule has 0 heterocycles. The fraction of sp³-hybridized carbons (Fsp3) is 0.846. The highest BCUT2D eigenvalue weighted by Crippen LogP contribution is 2.12. The van der Waals surface area contributed by atoms with E-state index >= 15 is 0 Å². The second-order valence-corrected chi connectivity index (χ2v) is 9.15. The van der Waals surface area contributed by atoms with Gasteiger partial charge in [0.25, 0.3) is 0 Å². The van der Waals surface area contributed by atoms with Crippen molar-refractivity contribution in [2.24, 2.45) is 0 Å². The summed E-state index contributed by atoms with van der Waals surface area (Å²) in [5.41, 5.74) is 0. The Hall–Kier alpha value is -1.92. The first-order chi connectivity index (χ1) is 15.9. The quantitative estimate of drug-likeness (QED) is 0.176. The van der Waals surface area contributed by atoms with Gasteiger partial charge in [-0.15, -0.1) is 0 Å². The second kappa shape index (κ2) is 21.9. The molecular weight excluding hydrogens is 420 g/mol. The summed E-state index contributed by atoms with van der Waals surface area (Å²) in [6.45, 7) is 4.13. The van der Waals surface area contributed by atoms with E-state index in [0.29, 0.717) is 32.2 Å². The lowest BCUT2D eigenvalue weighted by molar-refractivity contribution is -0.142. The van der Waals surface area contributed by atoms with Crippen molar-refractivity contribution in [1.82, 2.24) is 10.6 Å². The van der Waals surface area contributed by atoms with Gasteiger partial charge in [-0.3, -0.25) is 9.59 Å². The number of carbonyl (C=O) groups excluding carboxylic acids is 3. The Morgan fingerprint density at radius 1 is 0.667 bits per heavy atom. The summed E-state index contributed by atoms with van der Waals surface area (Å²) in [5, 5.41) is 14.7. The maximum atomic E-state index is 12.1. The summed E-state index contributed by atoms with van der Waals surface area (Å²) in [5.74, 6) is -1.42. The Morgan fingerprint density at radius 2 is 1.21 bits per heavy atom. The van der Waals surface area contributed by atoms with Crippen molar-refractivity contribution >= 4 is 23.6 Å². The van der Waals surface area contributed by atoms with Gasteiger partial charge >= 0.3 is 5.97 Å². The molecule has 192 valence electrons. The molecule has 7 heteroatoms. The van der Waals surface area contributed by atoms with E-state index in [1.54, 1.807) is 0 Å².